The Balaban J connectivity index is 1.77. The minimum Gasteiger partial charge on any atom is -0.474 e. The standard InChI is InChI=1S/C28H34F3N5O7/c1-17(2)21-13-32-24-20(12-23(33-36(21)24)41-16-19-15-34(25(37)38)10-11-40-19)35(26(39)43-27(3,4)5)14-18-8-6-7-9-22(18)42-28(29,30)31/h6-9,12-13,17,19H,10-11,14-16H2,1-5H3,(H,37,38)/t19-/m1/s1. The summed E-state index contributed by atoms with van der Waals surface area (Å²) in [6, 6.07) is 6.92. The molecule has 1 N–H and O–H groups in total. The second-order valence-corrected chi connectivity index (χ2v) is 11.2. The van der Waals surface area contributed by atoms with Gasteiger partial charge in [-0.2, -0.15) is 0 Å². The van der Waals surface area contributed by atoms with Crippen molar-refractivity contribution in [1.29, 1.82) is 0 Å². The van der Waals surface area contributed by atoms with E-state index in [4.69, 9.17) is 14.2 Å². The molecule has 0 aliphatic carbocycles. The molecule has 0 radical (unpaired) electrons. The van der Waals surface area contributed by atoms with Crippen molar-refractivity contribution in [2.75, 3.05) is 31.2 Å². The first-order valence-corrected chi connectivity index (χ1v) is 13.6. The van der Waals surface area contributed by atoms with Gasteiger partial charge in [0.15, 0.2) is 5.65 Å². The quantitative estimate of drug-likeness (QED) is 0.355. The number of ether oxygens (including phenoxy) is 4. The van der Waals surface area contributed by atoms with Crippen LogP contribution in [0.2, 0.25) is 0 Å². The maximum Gasteiger partial charge on any atom is 0.573 e. The summed E-state index contributed by atoms with van der Waals surface area (Å²) in [6.45, 7) is 8.93. The van der Waals surface area contributed by atoms with Crippen molar-refractivity contribution in [3.8, 4) is 11.6 Å². The van der Waals surface area contributed by atoms with Crippen molar-refractivity contribution in [1.82, 2.24) is 19.5 Å². The molecule has 1 aliphatic rings. The maximum atomic E-state index is 13.6. The number of rotatable bonds is 8. The number of halogens is 3. The smallest absolute Gasteiger partial charge is 0.474 e. The molecule has 1 fully saturated rings. The lowest BCUT2D eigenvalue weighted by atomic mass is 10.1. The molecule has 1 aliphatic heterocycles. The molecule has 15 heteroatoms. The third-order valence-corrected chi connectivity index (χ3v) is 6.30. The van der Waals surface area contributed by atoms with Crippen LogP contribution in [0.3, 0.4) is 0 Å². The lowest BCUT2D eigenvalue weighted by Crippen LogP contribution is -2.47. The lowest BCUT2D eigenvalue weighted by Gasteiger charge is -2.31. The average molecular weight is 610 g/mol. The van der Waals surface area contributed by atoms with Gasteiger partial charge in [0.1, 0.15) is 24.1 Å². The van der Waals surface area contributed by atoms with Gasteiger partial charge in [0.2, 0.25) is 5.88 Å². The Hall–Kier alpha value is -4.27. The summed E-state index contributed by atoms with van der Waals surface area (Å²) in [4.78, 5) is 31.9. The van der Waals surface area contributed by atoms with E-state index in [0.717, 1.165) is 11.0 Å². The van der Waals surface area contributed by atoms with Crippen molar-refractivity contribution in [2.24, 2.45) is 0 Å². The summed E-state index contributed by atoms with van der Waals surface area (Å²) in [5.74, 6) is -0.479. The summed E-state index contributed by atoms with van der Waals surface area (Å²) in [6.07, 6.45) is -5.87. The molecule has 0 bridgehead atoms. The Morgan fingerprint density at radius 2 is 1.93 bits per heavy atom. The number of anilines is 1. The average Bonchev–Trinajstić information content (AvgIpc) is 3.34. The third kappa shape index (κ3) is 8.18. The van der Waals surface area contributed by atoms with Crippen molar-refractivity contribution in [2.45, 2.75) is 65.1 Å². The zero-order valence-corrected chi connectivity index (χ0v) is 24.4. The number of carbonyl (C=O) groups is 2. The van der Waals surface area contributed by atoms with Crippen LogP contribution in [-0.4, -0.2) is 81.2 Å². The molecular weight excluding hydrogens is 575 g/mol. The first-order chi connectivity index (χ1) is 20.1. The van der Waals surface area contributed by atoms with Crippen LogP contribution in [-0.2, 0) is 16.0 Å². The molecule has 234 valence electrons. The van der Waals surface area contributed by atoms with E-state index in [0.29, 0.717) is 5.69 Å². The SMILES string of the molecule is CC(C)c1cnc2c(N(Cc3ccccc3OC(F)(F)F)C(=O)OC(C)(C)C)cc(OC[C@H]3CN(C(=O)O)CCO3)nn12. The Labute approximate surface area is 245 Å². The molecule has 1 atom stereocenters. The van der Waals surface area contributed by atoms with Crippen LogP contribution in [0.5, 0.6) is 11.6 Å². The maximum absolute atomic E-state index is 13.6. The summed E-state index contributed by atoms with van der Waals surface area (Å²) < 4.78 is 62.6. The Bertz CT molecular complexity index is 1450. The first kappa shape index (κ1) is 31.7. The van der Waals surface area contributed by atoms with Gasteiger partial charge >= 0.3 is 18.5 Å². The number of aromatic nitrogens is 3. The van der Waals surface area contributed by atoms with E-state index in [9.17, 15) is 27.9 Å². The number of para-hydroxylation sites is 1. The number of carboxylic acid groups (broad SMARTS) is 1. The fourth-order valence-electron chi connectivity index (χ4n) is 4.38. The lowest BCUT2D eigenvalue weighted by molar-refractivity contribution is -0.274. The molecule has 43 heavy (non-hydrogen) atoms. The topological polar surface area (TPSA) is 128 Å². The number of hydrogen-bond donors (Lipinski definition) is 1. The molecular formula is C28H34F3N5O7. The van der Waals surface area contributed by atoms with Gasteiger partial charge in [0.25, 0.3) is 0 Å². The molecule has 1 aromatic carbocycles. The summed E-state index contributed by atoms with van der Waals surface area (Å²) in [7, 11) is 0. The number of amides is 2. The van der Waals surface area contributed by atoms with Gasteiger partial charge in [-0.15, -0.1) is 18.3 Å². The van der Waals surface area contributed by atoms with Crippen LogP contribution < -0.4 is 14.4 Å². The van der Waals surface area contributed by atoms with E-state index in [-0.39, 0.29) is 61.5 Å². The number of imidazole rings is 1. The second kappa shape index (κ2) is 12.5. The Kier molecular flexibility index (Phi) is 9.23. The summed E-state index contributed by atoms with van der Waals surface area (Å²) >= 11 is 0. The van der Waals surface area contributed by atoms with Gasteiger partial charge in [-0.1, -0.05) is 32.0 Å². The highest BCUT2D eigenvalue weighted by atomic mass is 19.4. The van der Waals surface area contributed by atoms with E-state index in [1.54, 1.807) is 27.0 Å². The molecule has 2 amide bonds. The zero-order chi connectivity index (χ0) is 31.5. The molecule has 3 aromatic rings. The predicted molar refractivity (Wildman–Crippen MR) is 147 cm³/mol. The van der Waals surface area contributed by atoms with Crippen LogP contribution in [0, 0.1) is 0 Å². The highest BCUT2D eigenvalue weighted by Gasteiger charge is 2.34. The van der Waals surface area contributed by atoms with E-state index in [1.165, 1.54) is 33.7 Å². The first-order valence-electron chi connectivity index (χ1n) is 13.6. The Morgan fingerprint density at radius 3 is 2.58 bits per heavy atom. The number of fused-ring (bicyclic) bond motifs is 1. The minimum absolute atomic E-state index is 0.0480. The van der Waals surface area contributed by atoms with Gasteiger partial charge < -0.3 is 29.0 Å². The minimum atomic E-state index is -4.95. The summed E-state index contributed by atoms with van der Waals surface area (Å²) in [5.41, 5.74) is 0.194. The monoisotopic (exact) mass is 609 g/mol. The largest absolute Gasteiger partial charge is 0.573 e. The normalized spacial score (nSPS) is 15.9. The van der Waals surface area contributed by atoms with Gasteiger partial charge in [-0.25, -0.2) is 19.1 Å². The van der Waals surface area contributed by atoms with Gasteiger partial charge in [-0.05, 0) is 32.8 Å². The van der Waals surface area contributed by atoms with Crippen LogP contribution in [0.15, 0.2) is 36.5 Å². The van der Waals surface area contributed by atoms with Crippen molar-refractivity contribution in [3.63, 3.8) is 0 Å². The van der Waals surface area contributed by atoms with E-state index >= 15 is 0 Å². The van der Waals surface area contributed by atoms with Gasteiger partial charge in [-0.3, -0.25) is 4.90 Å². The number of alkyl halides is 3. The van der Waals surface area contributed by atoms with Crippen LogP contribution in [0.4, 0.5) is 28.4 Å². The van der Waals surface area contributed by atoms with Crippen molar-refractivity contribution in [3.05, 3.63) is 47.8 Å². The van der Waals surface area contributed by atoms with Gasteiger partial charge in [0.05, 0.1) is 37.3 Å². The highest BCUT2D eigenvalue weighted by molar-refractivity contribution is 5.92. The highest BCUT2D eigenvalue weighted by Crippen LogP contribution is 2.33. The third-order valence-electron chi connectivity index (χ3n) is 6.30. The molecule has 12 nitrogen and oxygen atoms in total. The summed E-state index contributed by atoms with van der Waals surface area (Å²) in [5, 5.41) is 13.9. The van der Waals surface area contributed by atoms with Crippen molar-refractivity contribution >= 4 is 23.5 Å². The fraction of sp³-hybridized carbons (Fsp3) is 0.500. The van der Waals surface area contributed by atoms with Crippen molar-refractivity contribution < 1.29 is 46.8 Å². The molecule has 2 aromatic heterocycles. The Morgan fingerprint density at radius 1 is 1.21 bits per heavy atom. The predicted octanol–water partition coefficient (Wildman–Crippen LogP) is 5.45. The molecule has 0 spiro atoms. The molecule has 0 unspecified atom stereocenters. The molecule has 3 heterocycles. The number of carbonyl (C=O) groups excluding carboxylic acids is 1. The van der Waals surface area contributed by atoms with Crippen LogP contribution in [0.1, 0.15) is 51.8 Å². The molecule has 1 saturated heterocycles. The fourth-order valence-corrected chi connectivity index (χ4v) is 4.38. The molecule has 4 rings (SSSR count). The number of benzene rings is 1. The number of hydrogen-bond acceptors (Lipinski definition) is 8. The van der Waals surface area contributed by atoms with E-state index < -0.39 is 36.0 Å². The second-order valence-electron chi connectivity index (χ2n) is 11.2. The van der Waals surface area contributed by atoms with E-state index in [2.05, 4.69) is 14.8 Å². The van der Waals surface area contributed by atoms with Crippen LogP contribution in [0.25, 0.3) is 5.65 Å². The zero-order valence-electron chi connectivity index (χ0n) is 24.4. The molecule has 0 saturated carbocycles. The van der Waals surface area contributed by atoms with Gasteiger partial charge in [0, 0.05) is 18.2 Å². The van der Waals surface area contributed by atoms with E-state index in [1.807, 2.05) is 13.8 Å². The number of morpholine rings is 1. The van der Waals surface area contributed by atoms with Crippen LogP contribution >= 0.6 is 0 Å². The number of nitrogens with zero attached hydrogens (tertiary/aromatic N) is 5.